The summed E-state index contributed by atoms with van der Waals surface area (Å²) in [5, 5.41) is 20.0. The van der Waals surface area contributed by atoms with Crippen LogP contribution in [0.4, 0.5) is 17.1 Å². The van der Waals surface area contributed by atoms with Crippen LogP contribution in [0, 0.1) is 6.92 Å². The first-order chi connectivity index (χ1) is 13.7. The Morgan fingerprint density at radius 3 is 1.68 bits per heavy atom. The monoisotopic (exact) mass is 370 g/mol. The van der Waals surface area contributed by atoms with Crippen LogP contribution in [0.5, 0.6) is 11.5 Å². The normalized spacial score (nSPS) is 9.89. The highest BCUT2D eigenvalue weighted by atomic mass is 16.3. The van der Waals surface area contributed by atoms with Gasteiger partial charge in [0.15, 0.2) is 11.5 Å². The molecule has 4 aromatic rings. The predicted molar refractivity (Wildman–Crippen MR) is 113 cm³/mol. The van der Waals surface area contributed by atoms with Crippen molar-refractivity contribution in [3.63, 3.8) is 0 Å². The highest BCUT2D eigenvalue weighted by Gasteiger charge is 2.17. The maximum absolute atomic E-state index is 10.2. The number of aromatic nitrogens is 1. The molecule has 0 aliphatic carbocycles. The molecule has 0 atom stereocenters. The van der Waals surface area contributed by atoms with Crippen LogP contribution in [0.3, 0.4) is 0 Å². The van der Waals surface area contributed by atoms with E-state index < -0.39 is 0 Å². The van der Waals surface area contributed by atoms with Crippen molar-refractivity contribution in [2.45, 2.75) is 6.92 Å². The average molecular weight is 370 g/mol. The lowest BCUT2D eigenvalue weighted by atomic mass is 10.1. The summed E-state index contributed by atoms with van der Waals surface area (Å²) in [5.41, 5.74) is 3.42. The fourth-order valence-electron chi connectivity index (χ4n) is 2.73. The molecule has 4 nitrogen and oxygen atoms in total. The molecular formula is C24H22N2O2. The van der Waals surface area contributed by atoms with E-state index >= 15 is 0 Å². The molecular weight excluding hydrogens is 348 g/mol. The van der Waals surface area contributed by atoms with Gasteiger partial charge in [-0.2, -0.15) is 0 Å². The van der Waals surface area contributed by atoms with Crippen molar-refractivity contribution in [1.29, 1.82) is 0 Å². The van der Waals surface area contributed by atoms with Gasteiger partial charge in [-0.15, -0.1) is 0 Å². The van der Waals surface area contributed by atoms with Gasteiger partial charge in [0.1, 0.15) is 0 Å². The Bertz CT molecular complexity index is 951. The van der Waals surface area contributed by atoms with Crippen molar-refractivity contribution in [2.24, 2.45) is 0 Å². The van der Waals surface area contributed by atoms with Crippen molar-refractivity contribution >= 4 is 17.1 Å². The minimum atomic E-state index is -0.135. The van der Waals surface area contributed by atoms with Gasteiger partial charge in [-0.1, -0.05) is 48.5 Å². The molecule has 1 aromatic heterocycles. The molecule has 4 heteroatoms. The largest absolute Gasteiger partial charge is 0.504 e. The van der Waals surface area contributed by atoms with Crippen LogP contribution in [0.25, 0.3) is 0 Å². The molecule has 0 amide bonds. The lowest BCUT2D eigenvalue weighted by molar-refractivity contribution is 0.405. The molecule has 0 unspecified atom stereocenters. The number of hydrogen-bond acceptors (Lipinski definition) is 4. The zero-order valence-electron chi connectivity index (χ0n) is 15.6. The molecule has 0 saturated carbocycles. The van der Waals surface area contributed by atoms with Gasteiger partial charge < -0.3 is 15.1 Å². The lowest BCUT2D eigenvalue weighted by Crippen LogP contribution is -2.09. The van der Waals surface area contributed by atoms with E-state index in [9.17, 15) is 10.2 Å². The molecule has 0 radical (unpaired) electrons. The molecule has 2 N–H and O–H groups in total. The van der Waals surface area contributed by atoms with Crippen molar-refractivity contribution < 1.29 is 10.2 Å². The van der Waals surface area contributed by atoms with Gasteiger partial charge in [0.25, 0.3) is 0 Å². The van der Waals surface area contributed by atoms with E-state index in [4.69, 9.17) is 0 Å². The number of hydrogen-bond donors (Lipinski definition) is 2. The predicted octanol–water partition coefficient (Wildman–Crippen LogP) is 5.96. The number of aryl methyl sites for hydroxylation is 1. The van der Waals surface area contributed by atoms with Gasteiger partial charge in [0, 0.05) is 23.3 Å². The summed E-state index contributed by atoms with van der Waals surface area (Å²) < 4.78 is 0. The first kappa shape index (κ1) is 19.0. The fraction of sp³-hybridized carbons (Fsp3) is 0.0417. The Hall–Kier alpha value is -3.79. The van der Waals surface area contributed by atoms with Gasteiger partial charge in [0.2, 0.25) is 0 Å². The summed E-state index contributed by atoms with van der Waals surface area (Å²) in [6.45, 7) is 1.97. The molecule has 0 saturated heterocycles. The van der Waals surface area contributed by atoms with E-state index in [2.05, 4.69) is 4.98 Å². The van der Waals surface area contributed by atoms with E-state index in [0.717, 1.165) is 17.1 Å². The zero-order chi connectivity index (χ0) is 19.8. The number of para-hydroxylation sites is 3. The number of aromatic hydroxyl groups is 2. The summed E-state index contributed by atoms with van der Waals surface area (Å²) >= 11 is 0. The smallest absolute Gasteiger partial charge is 0.182 e. The second-order valence-electron chi connectivity index (χ2n) is 6.12. The van der Waals surface area contributed by atoms with Crippen molar-refractivity contribution in [2.75, 3.05) is 4.90 Å². The van der Waals surface area contributed by atoms with Gasteiger partial charge in [-0.05, 0) is 55.5 Å². The quantitative estimate of drug-likeness (QED) is 0.437. The molecule has 3 aromatic carbocycles. The van der Waals surface area contributed by atoms with Crippen molar-refractivity contribution in [3.8, 4) is 11.5 Å². The van der Waals surface area contributed by atoms with E-state index in [1.165, 1.54) is 6.07 Å². The number of pyridine rings is 1. The van der Waals surface area contributed by atoms with Crippen LogP contribution < -0.4 is 4.90 Å². The van der Waals surface area contributed by atoms with Gasteiger partial charge in [-0.3, -0.25) is 4.98 Å². The minimum Gasteiger partial charge on any atom is -0.504 e. The Balaban J connectivity index is 0.000000271. The SMILES string of the molecule is Cc1ccccn1.Oc1cccc(N(c2ccccc2)c2ccccc2)c1O. The topological polar surface area (TPSA) is 56.6 Å². The Morgan fingerprint density at radius 1 is 0.643 bits per heavy atom. The molecule has 0 spiro atoms. The minimum absolute atomic E-state index is 0.134. The molecule has 0 aliphatic rings. The molecule has 0 aliphatic heterocycles. The second-order valence-corrected chi connectivity index (χ2v) is 6.12. The first-order valence-electron chi connectivity index (χ1n) is 8.95. The third kappa shape index (κ3) is 4.68. The van der Waals surface area contributed by atoms with Gasteiger partial charge in [0.05, 0.1) is 5.69 Å². The van der Waals surface area contributed by atoms with Crippen LogP contribution in [-0.4, -0.2) is 15.2 Å². The average Bonchev–Trinajstić information content (AvgIpc) is 2.74. The Labute approximate surface area is 165 Å². The van der Waals surface area contributed by atoms with E-state index in [0.29, 0.717) is 5.69 Å². The number of benzene rings is 3. The third-order valence-electron chi connectivity index (χ3n) is 4.08. The highest BCUT2D eigenvalue weighted by molar-refractivity contribution is 5.81. The molecule has 4 rings (SSSR count). The molecule has 0 fully saturated rings. The third-order valence-corrected chi connectivity index (χ3v) is 4.08. The summed E-state index contributed by atoms with van der Waals surface area (Å²) in [6, 6.07) is 30.2. The maximum Gasteiger partial charge on any atom is 0.182 e. The van der Waals surface area contributed by atoms with Crippen LogP contribution in [-0.2, 0) is 0 Å². The van der Waals surface area contributed by atoms with E-state index in [-0.39, 0.29) is 11.5 Å². The molecule has 0 bridgehead atoms. The number of anilines is 3. The summed E-state index contributed by atoms with van der Waals surface area (Å²) in [4.78, 5) is 5.88. The molecule has 140 valence electrons. The standard InChI is InChI=1S/C18H15NO2.C6H7N/c20-17-13-7-12-16(18(17)21)19(14-8-3-1-4-9-14)15-10-5-2-6-11-15;1-6-4-2-3-5-7-6/h1-13,20-21H;2-5H,1H3. The number of phenols is 2. The molecule has 28 heavy (non-hydrogen) atoms. The second kappa shape index (κ2) is 9.24. The summed E-state index contributed by atoms with van der Waals surface area (Å²) in [7, 11) is 0. The van der Waals surface area contributed by atoms with Crippen molar-refractivity contribution in [3.05, 3.63) is 109 Å². The van der Waals surface area contributed by atoms with Crippen LogP contribution in [0.1, 0.15) is 5.69 Å². The summed E-state index contributed by atoms with van der Waals surface area (Å²) in [5.74, 6) is -0.269. The number of phenolic OH excluding ortho intramolecular Hbond substituents is 2. The summed E-state index contributed by atoms with van der Waals surface area (Å²) in [6.07, 6.45) is 1.79. The van der Waals surface area contributed by atoms with Crippen LogP contribution in [0.15, 0.2) is 103 Å². The van der Waals surface area contributed by atoms with Gasteiger partial charge >= 0.3 is 0 Å². The first-order valence-corrected chi connectivity index (χ1v) is 8.95. The number of rotatable bonds is 3. The van der Waals surface area contributed by atoms with E-state index in [1.54, 1.807) is 18.3 Å². The lowest BCUT2D eigenvalue weighted by Gasteiger charge is -2.26. The van der Waals surface area contributed by atoms with Crippen LogP contribution >= 0.6 is 0 Å². The molecule has 1 heterocycles. The van der Waals surface area contributed by atoms with Crippen molar-refractivity contribution in [1.82, 2.24) is 4.98 Å². The Morgan fingerprint density at radius 2 is 1.21 bits per heavy atom. The van der Waals surface area contributed by atoms with Gasteiger partial charge in [-0.25, -0.2) is 0 Å². The highest BCUT2D eigenvalue weighted by Crippen LogP contribution is 2.42. The van der Waals surface area contributed by atoms with E-state index in [1.807, 2.05) is 90.7 Å². The van der Waals surface area contributed by atoms with Crippen LogP contribution in [0.2, 0.25) is 0 Å². The Kier molecular flexibility index (Phi) is 6.26. The zero-order valence-corrected chi connectivity index (χ0v) is 15.6. The fourth-order valence-corrected chi connectivity index (χ4v) is 2.73. The number of nitrogens with zero attached hydrogens (tertiary/aromatic N) is 2. The maximum atomic E-state index is 10.2.